The minimum absolute atomic E-state index is 0.227. The van der Waals surface area contributed by atoms with Gasteiger partial charge >= 0.3 is 0 Å². The Morgan fingerprint density at radius 2 is 2.12 bits per heavy atom. The molecule has 1 aliphatic heterocycles. The molecule has 1 aliphatic rings. The molecule has 0 spiro atoms. The molecule has 1 unspecified atom stereocenters. The van der Waals surface area contributed by atoms with Gasteiger partial charge < -0.3 is 10.6 Å². The maximum absolute atomic E-state index is 11.9. The zero-order valence-electron chi connectivity index (χ0n) is 10.1. The van der Waals surface area contributed by atoms with E-state index in [0.29, 0.717) is 6.42 Å². The second kappa shape index (κ2) is 5.94. The zero-order valence-corrected chi connectivity index (χ0v) is 10.1. The molecule has 0 radical (unpaired) electrons. The van der Waals surface area contributed by atoms with E-state index in [1.807, 2.05) is 30.3 Å². The van der Waals surface area contributed by atoms with Gasteiger partial charge in [0.15, 0.2) is 5.78 Å². The molecule has 17 heavy (non-hydrogen) atoms. The Morgan fingerprint density at radius 3 is 2.82 bits per heavy atom. The Labute approximate surface area is 103 Å². The van der Waals surface area contributed by atoms with Gasteiger partial charge in [-0.2, -0.15) is 0 Å². The molecule has 3 nitrogen and oxygen atoms in total. The summed E-state index contributed by atoms with van der Waals surface area (Å²) in [5, 5.41) is 0. The Kier molecular flexibility index (Phi) is 4.29. The van der Waals surface area contributed by atoms with Crippen LogP contribution >= 0.6 is 0 Å². The molecule has 1 aromatic rings. The lowest BCUT2D eigenvalue weighted by molar-refractivity contribution is 0.0955. The third-order valence-electron chi connectivity index (χ3n) is 3.29. The Balaban J connectivity index is 1.80. The van der Waals surface area contributed by atoms with E-state index in [1.165, 1.54) is 0 Å². The van der Waals surface area contributed by atoms with E-state index in [1.54, 1.807) is 0 Å². The summed E-state index contributed by atoms with van der Waals surface area (Å²) >= 11 is 0. The minimum atomic E-state index is 0.227. The number of rotatable bonds is 4. The second-order valence-corrected chi connectivity index (χ2v) is 4.74. The van der Waals surface area contributed by atoms with Gasteiger partial charge in [-0.3, -0.25) is 4.79 Å². The molecule has 1 fully saturated rings. The number of likely N-dealkylation sites (tertiary alicyclic amines) is 1. The van der Waals surface area contributed by atoms with Crippen LogP contribution in [0.15, 0.2) is 30.3 Å². The van der Waals surface area contributed by atoms with Gasteiger partial charge in [0, 0.05) is 31.1 Å². The highest BCUT2D eigenvalue weighted by Gasteiger charge is 2.17. The quantitative estimate of drug-likeness (QED) is 0.803. The number of nitrogens with zero attached hydrogens (tertiary/aromatic N) is 1. The van der Waals surface area contributed by atoms with Gasteiger partial charge in [-0.05, 0) is 19.4 Å². The van der Waals surface area contributed by atoms with Crippen molar-refractivity contribution >= 4 is 5.78 Å². The molecule has 1 heterocycles. The summed E-state index contributed by atoms with van der Waals surface area (Å²) in [6.45, 7) is 2.85. The lowest BCUT2D eigenvalue weighted by Gasteiger charge is -2.30. The third-order valence-corrected chi connectivity index (χ3v) is 3.29. The second-order valence-electron chi connectivity index (χ2n) is 4.74. The molecule has 3 heteroatoms. The van der Waals surface area contributed by atoms with Crippen LogP contribution in [-0.4, -0.2) is 36.4 Å². The normalized spacial score (nSPS) is 21.4. The molecule has 0 amide bonds. The third kappa shape index (κ3) is 3.65. The minimum Gasteiger partial charge on any atom is -0.327 e. The van der Waals surface area contributed by atoms with Gasteiger partial charge in [0.1, 0.15) is 0 Å². The van der Waals surface area contributed by atoms with Crippen LogP contribution in [0, 0.1) is 0 Å². The molecule has 0 bridgehead atoms. The van der Waals surface area contributed by atoms with E-state index in [-0.39, 0.29) is 11.8 Å². The van der Waals surface area contributed by atoms with Crippen molar-refractivity contribution in [1.82, 2.24) is 4.90 Å². The van der Waals surface area contributed by atoms with E-state index >= 15 is 0 Å². The van der Waals surface area contributed by atoms with E-state index in [0.717, 1.165) is 38.0 Å². The Hall–Kier alpha value is -1.19. The first-order valence-corrected chi connectivity index (χ1v) is 6.32. The molecule has 0 saturated carbocycles. The van der Waals surface area contributed by atoms with Crippen molar-refractivity contribution in [2.24, 2.45) is 5.73 Å². The van der Waals surface area contributed by atoms with Crippen molar-refractivity contribution in [2.75, 3.05) is 19.6 Å². The van der Waals surface area contributed by atoms with E-state index < -0.39 is 0 Å². The summed E-state index contributed by atoms with van der Waals surface area (Å²) < 4.78 is 0. The number of carbonyl (C=O) groups is 1. The number of piperidine rings is 1. The molecule has 92 valence electrons. The Bertz CT molecular complexity index is 364. The highest BCUT2D eigenvalue weighted by atomic mass is 16.1. The number of carbonyl (C=O) groups excluding carboxylic acids is 1. The van der Waals surface area contributed by atoms with Crippen molar-refractivity contribution in [3.05, 3.63) is 35.9 Å². The number of benzene rings is 1. The van der Waals surface area contributed by atoms with Gasteiger partial charge in [0.05, 0.1) is 0 Å². The van der Waals surface area contributed by atoms with Gasteiger partial charge in [-0.25, -0.2) is 0 Å². The van der Waals surface area contributed by atoms with Gasteiger partial charge in [0.2, 0.25) is 0 Å². The molecular weight excluding hydrogens is 212 g/mol. The molecule has 2 rings (SSSR count). The number of Topliss-reactive ketones (excluding diaryl/α,β-unsaturated/α-hetero) is 1. The molecular formula is C14H20N2O. The fourth-order valence-electron chi connectivity index (χ4n) is 2.32. The molecule has 1 atom stereocenters. The van der Waals surface area contributed by atoms with Crippen molar-refractivity contribution in [3.63, 3.8) is 0 Å². The monoisotopic (exact) mass is 232 g/mol. The Morgan fingerprint density at radius 1 is 1.35 bits per heavy atom. The van der Waals surface area contributed by atoms with E-state index in [9.17, 15) is 4.79 Å². The lowest BCUT2D eigenvalue weighted by atomic mass is 10.0. The number of hydrogen-bond acceptors (Lipinski definition) is 3. The van der Waals surface area contributed by atoms with Crippen LogP contribution in [0.5, 0.6) is 0 Å². The maximum Gasteiger partial charge on any atom is 0.164 e. The molecule has 0 aliphatic carbocycles. The summed E-state index contributed by atoms with van der Waals surface area (Å²) in [5.41, 5.74) is 6.73. The van der Waals surface area contributed by atoms with Gasteiger partial charge in [0.25, 0.3) is 0 Å². The predicted octanol–water partition coefficient (Wildman–Crippen LogP) is 1.68. The molecule has 0 aromatic heterocycles. The first-order valence-electron chi connectivity index (χ1n) is 6.32. The number of nitrogens with two attached hydrogens (primary N) is 1. The summed E-state index contributed by atoms with van der Waals surface area (Å²) in [6.07, 6.45) is 2.86. The van der Waals surface area contributed by atoms with Crippen molar-refractivity contribution < 1.29 is 4.79 Å². The molecule has 1 saturated heterocycles. The van der Waals surface area contributed by atoms with Crippen LogP contribution in [0.2, 0.25) is 0 Å². The highest BCUT2D eigenvalue weighted by Crippen LogP contribution is 2.10. The van der Waals surface area contributed by atoms with Crippen LogP contribution in [0.1, 0.15) is 29.6 Å². The van der Waals surface area contributed by atoms with Gasteiger partial charge in [-0.1, -0.05) is 30.3 Å². The lowest BCUT2D eigenvalue weighted by Crippen LogP contribution is -2.43. The first kappa shape index (κ1) is 12.3. The maximum atomic E-state index is 11.9. The van der Waals surface area contributed by atoms with Crippen LogP contribution < -0.4 is 5.73 Å². The largest absolute Gasteiger partial charge is 0.327 e. The smallest absolute Gasteiger partial charge is 0.164 e. The van der Waals surface area contributed by atoms with E-state index in [2.05, 4.69) is 4.90 Å². The zero-order chi connectivity index (χ0) is 12.1. The predicted molar refractivity (Wildman–Crippen MR) is 69.0 cm³/mol. The summed E-state index contributed by atoms with van der Waals surface area (Å²) in [7, 11) is 0. The average molecular weight is 232 g/mol. The van der Waals surface area contributed by atoms with Crippen LogP contribution in [-0.2, 0) is 0 Å². The van der Waals surface area contributed by atoms with Crippen LogP contribution in [0.3, 0.4) is 0 Å². The van der Waals surface area contributed by atoms with E-state index in [4.69, 9.17) is 5.73 Å². The first-order chi connectivity index (χ1) is 8.25. The van der Waals surface area contributed by atoms with Crippen LogP contribution in [0.4, 0.5) is 0 Å². The number of hydrogen-bond donors (Lipinski definition) is 1. The van der Waals surface area contributed by atoms with Gasteiger partial charge in [-0.15, -0.1) is 0 Å². The fraction of sp³-hybridized carbons (Fsp3) is 0.500. The SMILES string of the molecule is NC1CCCN(CCC(=O)c2ccccc2)C1. The van der Waals surface area contributed by atoms with Crippen molar-refractivity contribution in [1.29, 1.82) is 0 Å². The van der Waals surface area contributed by atoms with Crippen molar-refractivity contribution in [2.45, 2.75) is 25.3 Å². The summed E-state index contributed by atoms with van der Waals surface area (Å²) in [4.78, 5) is 14.2. The number of ketones is 1. The fourth-order valence-corrected chi connectivity index (χ4v) is 2.32. The average Bonchev–Trinajstić information content (AvgIpc) is 2.37. The topological polar surface area (TPSA) is 46.3 Å². The van der Waals surface area contributed by atoms with Crippen LogP contribution in [0.25, 0.3) is 0 Å². The highest BCUT2D eigenvalue weighted by molar-refractivity contribution is 5.96. The summed E-state index contributed by atoms with van der Waals surface area (Å²) in [5.74, 6) is 0.227. The summed E-state index contributed by atoms with van der Waals surface area (Å²) in [6, 6.07) is 9.79. The molecule has 1 aromatic carbocycles. The molecule has 2 N–H and O–H groups in total. The standard InChI is InChI=1S/C14H20N2O/c15-13-7-4-9-16(11-13)10-8-14(17)12-5-2-1-3-6-12/h1-3,5-6,13H,4,7-11,15H2. The van der Waals surface area contributed by atoms with Crippen molar-refractivity contribution in [3.8, 4) is 0 Å².